The van der Waals surface area contributed by atoms with Crippen molar-refractivity contribution in [3.63, 3.8) is 0 Å². The number of fused-ring (bicyclic) bond motifs is 1. The molecule has 0 bridgehead atoms. The fraction of sp³-hybridized carbons (Fsp3) is 0.231. The standard InChI is InChI=1S/C13H9ClF3N3OSe/c1-8(21)18-7-3-4-9-12(22-13(15,16)17)10-5-2-6-11(14)20(10)19-9/h2,5-6H,7H2,1H3,(H,18,21). The summed E-state index contributed by atoms with van der Waals surface area (Å²) in [6.07, 6.45) is 0. The zero-order chi connectivity index (χ0) is 16.3. The van der Waals surface area contributed by atoms with Gasteiger partial charge in [0, 0.05) is 0 Å². The Labute approximate surface area is 135 Å². The first-order valence-electron chi connectivity index (χ1n) is 5.94. The van der Waals surface area contributed by atoms with Gasteiger partial charge in [0.1, 0.15) is 0 Å². The number of amides is 1. The van der Waals surface area contributed by atoms with Crippen LogP contribution in [0.3, 0.4) is 0 Å². The van der Waals surface area contributed by atoms with Gasteiger partial charge in [-0.05, 0) is 0 Å². The Bertz CT molecular complexity index is 776. The number of pyridine rings is 1. The molecule has 2 heterocycles. The second-order valence-electron chi connectivity index (χ2n) is 4.08. The van der Waals surface area contributed by atoms with Crippen molar-refractivity contribution in [2.24, 2.45) is 0 Å². The van der Waals surface area contributed by atoms with Crippen molar-refractivity contribution >= 4 is 42.4 Å². The number of carbonyl (C=O) groups excluding carboxylic acids is 1. The Hall–Kier alpha value is -1.68. The first kappa shape index (κ1) is 16.7. The summed E-state index contributed by atoms with van der Waals surface area (Å²) < 4.78 is 39.6. The van der Waals surface area contributed by atoms with Gasteiger partial charge in [-0.1, -0.05) is 0 Å². The molecule has 0 aliphatic heterocycles. The van der Waals surface area contributed by atoms with Crippen molar-refractivity contribution in [1.82, 2.24) is 14.9 Å². The van der Waals surface area contributed by atoms with E-state index in [1.165, 1.54) is 23.6 Å². The summed E-state index contributed by atoms with van der Waals surface area (Å²) in [5.41, 5.74) is 0.310. The van der Waals surface area contributed by atoms with E-state index in [9.17, 15) is 18.0 Å². The third kappa shape index (κ3) is 4.17. The molecule has 1 amide bonds. The van der Waals surface area contributed by atoms with Crippen LogP contribution in [-0.4, -0.2) is 42.1 Å². The molecule has 22 heavy (non-hydrogen) atoms. The number of carbonyl (C=O) groups is 1. The second-order valence-corrected chi connectivity index (χ2v) is 6.73. The summed E-state index contributed by atoms with van der Waals surface area (Å²) in [5, 5.41) is 2.34. The van der Waals surface area contributed by atoms with Crippen LogP contribution < -0.4 is 9.78 Å². The zero-order valence-corrected chi connectivity index (χ0v) is 13.6. The van der Waals surface area contributed by atoms with E-state index in [2.05, 4.69) is 22.3 Å². The molecule has 0 saturated carbocycles. The molecule has 116 valence electrons. The molecule has 0 aromatic carbocycles. The summed E-state index contributed by atoms with van der Waals surface area (Å²) in [6.45, 7) is 1.36. The van der Waals surface area contributed by atoms with Crippen molar-refractivity contribution in [2.45, 2.75) is 12.0 Å². The number of hydrogen-bond acceptors (Lipinski definition) is 2. The first-order chi connectivity index (χ1) is 10.3. The number of rotatable bonds is 2. The minimum atomic E-state index is -4.33. The van der Waals surface area contributed by atoms with Crippen molar-refractivity contribution in [3.8, 4) is 11.8 Å². The molecule has 0 unspecified atom stereocenters. The van der Waals surface area contributed by atoms with Crippen molar-refractivity contribution < 1.29 is 18.0 Å². The molecule has 2 aromatic heterocycles. The quantitative estimate of drug-likeness (QED) is 0.474. The summed E-state index contributed by atoms with van der Waals surface area (Å²) >= 11 is 4.14. The third-order valence-corrected chi connectivity index (χ3v) is 4.46. The van der Waals surface area contributed by atoms with Crippen LogP contribution in [0.25, 0.3) is 5.52 Å². The van der Waals surface area contributed by atoms with Crippen LogP contribution >= 0.6 is 11.6 Å². The molecule has 4 nitrogen and oxygen atoms in total. The Morgan fingerprint density at radius 1 is 1.50 bits per heavy atom. The van der Waals surface area contributed by atoms with E-state index in [0.29, 0.717) is 0 Å². The van der Waals surface area contributed by atoms with Crippen LogP contribution in [0.5, 0.6) is 0 Å². The summed E-state index contributed by atoms with van der Waals surface area (Å²) in [5.74, 6) is 4.88. The number of halogens is 4. The Morgan fingerprint density at radius 2 is 2.23 bits per heavy atom. The monoisotopic (exact) mass is 395 g/mol. The molecule has 0 fully saturated rings. The number of nitrogens with one attached hydrogen (secondary N) is 1. The third-order valence-electron chi connectivity index (χ3n) is 2.42. The van der Waals surface area contributed by atoms with Crippen LogP contribution in [-0.2, 0) is 4.79 Å². The minimum absolute atomic E-state index is 0.0239. The molecule has 0 saturated heterocycles. The van der Waals surface area contributed by atoms with Gasteiger partial charge in [-0.25, -0.2) is 0 Å². The maximum atomic E-state index is 12.8. The second kappa shape index (κ2) is 6.61. The number of alkyl halides is 3. The van der Waals surface area contributed by atoms with E-state index in [1.54, 1.807) is 6.07 Å². The molecule has 0 aliphatic rings. The molecular weight excluding hydrogens is 386 g/mol. The molecule has 0 radical (unpaired) electrons. The van der Waals surface area contributed by atoms with Crippen LogP contribution in [0.15, 0.2) is 18.2 Å². The Balaban J connectivity index is 2.45. The zero-order valence-electron chi connectivity index (χ0n) is 11.2. The van der Waals surface area contributed by atoms with E-state index < -0.39 is 20.0 Å². The molecule has 2 aromatic rings. The van der Waals surface area contributed by atoms with E-state index in [0.717, 1.165) is 0 Å². The van der Waals surface area contributed by atoms with Gasteiger partial charge in [-0.15, -0.1) is 0 Å². The predicted octanol–water partition coefficient (Wildman–Crippen LogP) is 1.32. The van der Waals surface area contributed by atoms with Crippen LogP contribution in [0.4, 0.5) is 13.2 Å². The maximum absolute atomic E-state index is 12.8. The number of aromatic nitrogens is 2. The Kier molecular flexibility index (Phi) is 5.01. The van der Waals surface area contributed by atoms with Crippen LogP contribution in [0.2, 0.25) is 5.15 Å². The molecule has 0 spiro atoms. The van der Waals surface area contributed by atoms with Crippen molar-refractivity contribution in [3.05, 3.63) is 29.0 Å². The molecule has 0 aliphatic carbocycles. The number of hydrogen-bond donors (Lipinski definition) is 1. The van der Waals surface area contributed by atoms with Gasteiger partial charge >= 0.3 is 135 Å². The number of nitrogens with zero attached hydrogens (tertiary/aromatic N) is 2. The van der Waals surface area contributed by atoms with Crippen molar-refractivity contribution in [2.75, 3.05) is 6.54 Å². The summed E-state index contributed by atoms with van der Waals surface area (Å²) in [4.78, 5) is 10.7. The fourth-order valence-electron chi connectivity index (χ4n) is 1.61. The van der Waals surface area contributed by atoms with Gasteiger partial charge < -0.3 is 0 Å². The average Bonchev–Trinajstić information content (AvgIpc) is 2.73. The van der Waals surface area contributed by atoms with Crippen LogP contribution in [0.1, 0.15) is 12.6 Å². The molecular formula is C13H9ClF3N3OSe. The molecule has 1 N–H and O–H groups in total. The summed E-state index contributed by atoms with van der Waals surface area (Å²) in [7, 11) is 0. The average molecular weight is 395 g/mol. The first-order valence-corrected chi connectivity index (χ1v) is 8.03. The van der Waals surface area contributed by atoms with Gasteiger partial charge in [0.2, 0.25) is 0 Å². The van der Waals surface area contributed by atoms with Crippen molar-refractivity contribution in [1.29, 1.82) is 0 Å². The van der Waals surface area contributed by atoms with Gasteiger partial charge in [0.05, 0.1) is 0 Å². The summed E-state index contributed by atoms with van der Waals surface area (Å²) in [6, 6.07) is 4.60. The van der Waals surface area contributed by atoms with Crippen LogP contribution in [0, 0.1) is 11.8 Å². The molecule has 0 atom stereocenters. The predicted molar refractivity (Wildman–Crippen MR) is 77.2 cm³/mol. The van der Waals surface area contributed by atoms with E-state index in [4.69, 9.17) is 11.6 Å². The van der Waals surface area contributed by atoms with E-state index in [1.807, 2.05) is 0 Å². The van der Waals surface area contributed by atoms with E-state index in [-0.39, 0.29) is 33.3 Å². The SMILES string of the molecule is CC(=O)NCC#Cc1nn2c(Cl)cccc2c1[Se]C(F)(F)F. The van der Waals surface area contributed by atoms with E-state index >= 15 is 0 Å². The fourth-order valence-corrected chi connectivity index (χ4v) is 3.24. The Morgan fingerprint density at radius 3 is 2.86 bits per heavy atom. The topological polar surface area (TPSA) is 46.4 Å². The van der Waals surface area contributed by atoms with Gasteiger partial charge in [-0.3, -0.25) is 0 Å². The molecule has 9 heteroatoms. The van der Waals surface area contributed by atoms with Gasteiger partial charge in [0.15, 0.2) is 0 Å². The van der Waals surface area contributed by atoms with Gasteiger partial charge in [-0.2, -0.15) is 0 Å². The normalized spacial score (nSPS) is 11.1. The van der Waals surface area contributed by atoms with Gasteiger partial charge in [0.25, 0.3) is 0 Å². The molecule has 2 rings (SSSR count).